The molecule has 0 saturated carbocycles. The number of nitrogens with two attached hydrogens (primary N) is 1. The van der Waals surface area contributed by atoms with Crippen LogP contribution in [0.5, 0.6) is 17.2 Å². The minimum Gasteiger partial charge on any atom is -0.490 e. The number of alkyl halides is 3. The molecule has 0 aliphatic heterocycles. The van der Waals surface area contributed by atoms with Crippen LogP contribution >= 0.6 is 11.6 Å². The summed E-state index contributed by atoms with van der Waals surface area (Å²) in [4.78, 5) is 37.6. The van der Waals surface area contributed by atoms with Gasteiger partial charge >= 0.3 is 12.1 Å². The minimum atomic E-state index is -5.32. The molecule has 1 atom stereocenters. The van der Waals surface area contributed by atoms with E-state index < -0.39 is 41.6 Å². The number of hydrogen-bond donors (Lipinski definition) is 5. The van der Waals surface area contributed by atoms with Crippen molar-refractivity contribution < 1.29 is 41.8 Å². The molecule has 228 valence electrons. The highest BCUT2D eigenvalue weighted by Gasteiger charge is 2.42. The summed E-state index contributed by atoms with van der Waals surface area (Å²) in [6.07, 6.45) is -5.32. The molecule has 0 heterocycles. The van der Waals surface area contributed by atoms with Gasteiger partial charge in [0.1, 0.15) is 17.6 Å². The Morgan fingerprint density at radius 2 is 1.58 bits per heavy atom. The first-order valence-corrected chi connectivity index (χ1v) is 13.0. The molecule has 0 aliphatic carbocycles. The summed E-state index contributed by atoms with van der Waals surface area (Å²) in [6.45, 7) is 4.12. The largest absolute Gasteiger partial charge is 0.491 e. The van der Waals surface area contributed by atoms with E-state index in [9.17, 15) is 27.6 Å². The number of rotatable bonds is 11. The van der Waals surface area contributed by atoms with Crippen molar-refractivity contribution in [1.82, 2.24) is 10.9 Å². The average Bonchev–Trinajstić information content (AvgIpc) is 2.95. The van der Waals surface area contributed by atoms with Gasteiger partial charge in [0, 0.05) is 11.8 Å². The fourth-order valence-electron chi connectivity index (χ4n) is 3.69. The summed E-state index contributed by atoms with van der Waals surface area (Å²) in [7, 11) is 0. The van der Waals surface area contributed by atoms with Crippen LogP contribution in [0, 0.1) is 5.41 Å². The Labute approximate surface area is 248 Å². The van der Waals surface area contributed by atoms with E-state index in [2.05, 4.69) is 20.9 Å². The maximum atomic E-state index is 13.4. The zero-order valence-electron chi connectivity index (χ0n) is 22.8. The van der Waals surface area contributed by atoms with E-state index in [-0.39, 0.29) is 28.4 Å². The number of benzene rings is 3. The number of amidine groups is 1. The highest BCUT2D eigenvalue weighted by Crippen LogP contribution is 2.33. The number of nitrogens with one attached hydrogen (secondary N) is 4. The van der Waals surface area contributed by atoms with Crippen LogP contribution in [-0.2, 0) is 9.59 Å². The van der Waals surface area contributed by atoms with Gasteiger partial charge in [0.15, 0.2) is 11.5 Å². The normalized spacial score (nSPS) is 11.6. The van der Waals surface area contributed by atoms with Gasteiger partial charge in [-0.1, -0.05) is 29.8 Å². The van der Waals surface area contributed by atoms with Gasteiger partial charge in [0.25, 0.3) is 11.8 Å². The van der Waals surface area contributed by atoms with Gasteiger partial charge in [-0.3, -0.25) is 25.8 Å². The van der Waals surface area contributed by atoms with Crippen molar-refractivity contribution in [2.45, 2.75) is 26.1 Å². The molecule has 43 heavy (non-hydrogen) atoms. The standard InChI is InChI=1S/C28H27ClF3N5O6/c1-3-41-20-12-9-15(13-22(20)42-4-2)23(26(39)37-36-25(38)17-7-5-6-8-19(17)29)35-16-10-11-18(24(33)34)21(14-16)43-27(40)28(30,31)32/h5-14,23,35H,3-4H2,1-2H3,(H3,33,34)(H,36,38)(H,37,39). The summed E-state index contributed by atoms with van der Waals surface area (Å²) >= 11 is 6.06. The molecular weight excluding hydrogens is 595 g/mol. The predicted octanol–water partition coefficient (Wildman–Crippen LogP) is 4.50. The molecule has 3 aromatic rings. The molecule has 0 radical (unpaired) electrons. The second-order valence-corrected chi connectivity index (χ2v) is 8.99. The monoisotopic (exact) mass is 621 g/mol. The van der Waals surface area contributed by atoms with Crippen LogP contribution in [0.4, 0.5) is 18.9 Å². The zero-order chi connectivity index (χ0) is 31.7. The topological polar surface area (TPSA) is 165 Å². The van der Waals surface area contributed by atoms with Gasteiger partial charge in [0.05, 0.1) is 29.4 Å². The Balaban J connectivity index is 1.99. The molecule has 0 saturated heterocycles. The Bertz CT molecular complexity index is 1520. The second-order valence-electron chi connectivity index (χ2n) is 8.58. The van der Waals surface area contributed by atoms with Crippen LogP contribution < -0.4 is 36.1 Å². The molecule has 0 aromatic heterocycles. The van der Waals surface area contributed by atoms with Crippen LogP contribution in [0.1, 0.15) is 41.4 Å². The molecule has 6 N–H and O–H groups in total. The summed E-state index contributed by atoms with van der Waals surface area (Å²) in [5.41, 5.74) is 10.1. The molecule has 11 nitrogen and oxygen atoms in total. The Morgan fingerprint density at radius 3 is 2.21 bits per heavy atom. The summed E-state index contributed by atoms with van der Waals surface area (Å²) < 4.78 is 54.4. The van der Waals surface area contributed by atoms with E-state index in [1.807, 2.05) is 0 Å². The van der Waals surface area contributed by atoms with E-state index in [0.717, 1.165) is 12.1 Å². The lowest BCUT2D eigenvalue weighted by Crippen LogP contribution is -2.45. The molecule has 0 bridgehead atoms. The van der Waals surface area contributed by atoms with Crippen molar-refractivity contribution >= 4 is 40.9 Å². The molecule has 0 aliphatic rings. The number of halogens is 4. The molecule has 3 aromatic carbocycles. The lowest BCUT2D eigenvalue weighted by Gasteiger charge is -2.22. The third-order valence-electron chi connectivity index (χ3n) is 5.60. The van der Waals surface area contributed by atoms with E-state index in [0.29, 0.717) is 23.7 Å². The van der Waals surface area contributed by atoms with Crippen molar-refractivity contribution in [3.8, 4) is 17.2 Å². The van der Waals surface area contributed by atoms with Gasteiger partial charge in [0.2, 0.25) is 0 Å². The third-order valence-corrected chi connectivity index (χ3v) is 5.93. The van der Waals surface area contributed by atoms with Crippen LogP contribution in [0.2, 0.25) is 5.02 Å². The summed E-state index contributed by atoms with van der Waals surface area (Å²) in [5.74, 6) is -4.70. The summed E-state index contributed by atoms with van der Waals surface area (Å²) in [5, 5.41) is 10.6. The molecular formula is C28H27ClF3N5O6. The van der Waals surface area contributed by atoms with E-state index in [4.69, 9.17) is 32.2 Å². The minimum absolute atomic E-state index is 0.000556. The van der Waals surface area contributed by atoms with Crippen LogP contribution in [0.15, 0.2) is 60.7 Å². The number of esters is 1. The Morgan fingerprint density at radius 1 is 0.907 bits per heavy atom. The zero-order valence-corrected chi connectivity index (χ0v) is 23.6. The number of carbonyl (C=O) groups excluding carboxylic acids is 3. The van der Waals surface area contributed by atoms with Gasteiger partial charge in [-0.2, -0.15) is 13.2 Å². The quantitative estimate of drug-likeness (QED) is 0.0686. The van der Waals surface area contributed by atoms with Crippen molar-refractivity contribution in [3.05, 3.63) is 82.4 Å². The van der Waals surface area contributed by atoms with E-state index in [1.54, 1.807) is 32.0 Å². The molecule has 0 fully saturated rings. The smallest absolute Gasteiger partial charge is 0.490 e. The van der Waals surface area contributed by atoms with Crippen LogP contribution in [0.25, 0.3) is 0 Å². The summed E-state index contributed by atoms with van der Waals surface area (Å²) in [6, 6.07) is 12.9. The number of amides is 2. The number of anilines is 1. The first-order valence-electron chi connectivity index (χ1n) is 12.6. The molecule has 2 amide bonds. The van der Waals surface area contributed by atoms with Crippen molar-refractivity contribution in [2.75, 3.05) is 18.5 Å². The fourth-order valence-corrected chi connectivity index (χ4v) is 3.92. The van der Waals surface area contributed by atoms with Gasteiger partial charge < -0.3 is 25.3 Å². The first kappa shape index (κ1) is 32.5. The molecule has 3 rings (SSSR count). The van der Waals surface area contributed by atoms with Crippen molar-refractivity contribution in [3.63, 3.8) is 0 Å². The number of ether oxygens (including phenoxy) is 3. The van der Waals surface area contributed by atoms with Crippen LogP contribution in [-0.4, -0.2) is 43.0 Å². The second kappa shape index (κ2) is 14.3. The van der Waals surface area contributed by atoms with Crippen LogP contribution in [0.3, 0.4) is 0 Å². The molecule has 0 spiro atoms. The van der Waals surface area contributed by atoms with Crippen molar-refractivity contribution in [1.29, 1.82) is 5.41 Å². The maximum Gasteiger partial charge on any atom is 0.491 e. The molecule has 1 unspecified atom stereocenters. The van der Waals surface area contributed by atoms with E-state index in [1.165, 1.54) is 30.3 Å². The Kier molecular flexibility index (Phi) is 10.8. The average molecular weight is 622 g/mol. The van der Waals surface area contributed by atoms with Gasteiger partial charge in [-0.15, -0.1) is 0 Å². The van der Waals surface area contributed by atoms with Gasteiger partial charge in [-0.05, 0) is 55.8 Å². The molecule has 15 heteroatoms. The van der Waals surface area contributed by atoms with Gasteiger partial charge in [-0.25, -0.2) is 4.79 Å². The highest BCUT2D eigenvalue weighted by atomic mass is 35.5. The first-order chi connectivity index (χ1) is 20.3. The lowest BCUT2D eigenvalue weighted by atomic mass is 10.0. The van der Waals surface area contributed by atoms with E-state index >= 15 is 0 Å². The number of hydrazine groups is 1. The fraction of sp³-hybridized carbons (Fsp3) is 0.214. The number of carbonyl (C=O) groups is 3. The SMILES string of the molecule is CCOc1ccc(C(Nc2ccc(C(=N)N)c(OC(=O)C(F)(F)F)c2)C(=O)NNC(=O)c2ccccc2Cl)cc1OCC. The maximum absolute atomic E-state index is 13.4. The predicted molar refractivity (Wildman–Crippen MR) is 151 cm³/mol. The number of nitrogen functional groups attached to an aromatic ring is 1. The lowest BCUT2D eigenvalue weighted by molar-refractivity contribution is -0.189. The Hall–Kier alpha value is -4.98. The highest BCUT2D eigenvalue weighted by molar-refractivity contribution is 6.33. The number of hydrogen-bond acceptors (Lipinski definition) is 8. The third kappa shape index (κ3) is 8.52. The van der Waals surface area contributed by atoms with Crippen molar-refractivity contribution in [2.24, 2.45) is 5.73 Å².